The number of carboxylic acids is 1. The summed E-state index contributed by atoms with van der Waals surface area (Å²) in [6, 6.07) is 7.30. The van der Waals surface area contributed by atoms with E-state index >= 15 is 0 Å². The Kier molecular flexibility index (Phi) is 3.60. The number of hydrogen-bond donors (Lipinski definition) is 3. The third-order valence-corrected chi connectivity index (χ3v) is 2.43. The van der Waals surface area contributed by atoms with Crippen molar-refractivity contribution in [2.75, 3.05) is 5.32 Å². The van der Waals surface area contributed by atoms with E-state index in [0.29, 0.717) is 0 Å². The molecule has 0 unspecified atom stereocenters. The number of aromatic hydroxyl groups is 1. The lowest BCUT2D eigenvalue weighted by Gasteiger charge is -2.06. The Morgan fingerprint density at radius 2 is 1.95 bits per heavy atom. The molecule has 2 rings (SSSR count). The Bertz CT molecular complexity index is 688. The van der Waals surface area contributed by atoms with Crippen LogP contribution in [0.4, 0.5) is 10.1 Å². The van der Waals surface area contributed by atoms with Gasteiger partial charge in [0.25, 0.3) is 5.91 Å². The SMILES string of the molecule is O=C(Nc1ccc(C(=O)O)c(O)c1)c1cccc(F)n1. The average molecular weight is 276 g/mol. The number of benzene rings is 1. The minimum Gasteiger partial charge on any atom is -0.507 e. The second-order valence-corrected chi connectivity index (χ2v) is 3.84. The number of halogens is 1. The second-order valence-electron chi connectivity index (χ2n) is 3.84. The number of pyridine rings is 1. The van der Waals surface area contributed by atoms with Crippen LogP contribution in [0.25, 0.3) is 0 Å². The molecule has 2 aromatic rings. The van der Waals surface area contributed by atoms with Gasteiger partial charge in [-0.1, -0.05) is 6.07 Å². The summed E-state index contributed by atoms with van der Waals surface area (Å²) in [5.41, 5.74) is -0.248. The highest BCUT2D eigenvalue weighted by molar-refractivity contribution is 6.03. The summed E-state index contributed by atoms with van der Waals surface area (Å²) in [5.74, 6) is -3.23. The Morgan fingerprint density at radius 1 is 1.20 bits per heavy atom. The highest BCUT2D eigenvalue weighted by Gasteiger charge is 2.12. The van der Waals surface area contributed by atoms with E-state index in [1.54, 1.807) is 0 Å². The van der Waals surface area contributed by atoms with E-state index in [0.717, 1.165) is 18.2 Å². The standard InChI is InChI=1S/C13H9FN2O4/c14-11-3-1-2-9(16-11)12(18)15-7-4-5-8(13(19)20)10(17)6-7/h1-6,17H,(H,15,18)(H,19,20). The monoisotopic (exact) mass is 276 g/mol. The molecule has 1 aromatic heterocycles. The largest absolute Gasteiger partial charge is 0.507 e. The van der Waals surface area contributed by atoms with Crippen LogP contribution in [0.1, 0.15) is 20.8 Å². The molecule has 0 saturated heterocycles. The Hall–Kier alpha value is -2.96. The number of rotatable bonds is 3. The fourth-order valence-electron chi connectivity index (χ4n) is 1.52. The van der Waals surface area contributed by atoms with Crippen LogP contribution in [-0.2, 0) is 0 Å². The van der Waals surface area contributed by atoms with Crippen molar-refractivity contribution in [2.45, 2.75) is 0 Å². The molecule has 6 nitrogen and oxygen atoms in total. The van der Waals surface area contributed by atoms with Crippen LogP contribution in [-0.4, -0.2) is 27.1 Å². The van der Waals surface area contributed by atoms with Crippen LogP contribution >= 0.6 is 0 Å². The molecule has 3 N–H and O–H groups in total. The van der Waals surface area contributed by atoms with Crippen molar-refractivity contribution < 1.29 is 24.2 Å². The number of nitrogens with one attached hydrogen (secondary N) is 1. The number of amides is 1. The molecule has 0 saturated carbocycles. The highest BCUT2D eigenvalue weighted by atomic mass is 19.1. The van der Waals surface area contributed by atoms with Gasteiger partial charge in [-0.2, -0.15) is 4.39 Å². The van der Waals surface area contributed by atoms with Gasteiger partial charge >= 0.3 is 5.97 Å². The number of phenols is 1. The van der Waals surface area contributed by atoms with Gasteiger partial charge in [-0.05, 0) is 24.3 Å². The quantitative estimate of drug-likeness (QED) is 0.743. The zero-order valence-corrected chi connectivity index (χ0v) is 10.0. The third-order valence-electron chi connectivity index (χ3n) is 2.43. The van der Waals surface area contributed by atoms with E-state index in [1.807, 2.05) is 0 Å². The van der Waals surface area contributed by atoms with Crippen molar-refractivity contribution in [1.29, 1.82) is 0 Å². The minimum absolute atomic E-state index is 0.133. The lowest BCUT2D eigenvalue weighted by Crippen LogP contribution is -2.14. The molecule has 0 aliphatic heterocycles. The normalized spacial score (nSPS) is 10.1. The van der Waals surface area contributed by atoms with Crippen molar-refractivity contribution in [2.24, 2.45) is 0 Å². The van der Waals surface area contributed by atoms with E-state index in [9.17, 15) is 19.1 Å². The molecule has 102 valence electrons. The summed E-state index contributed by atoms with van der Waals surface area (Å²) in [6.45, 7) is 0. The van der Waals surface area contributed by atoms with Gasteiger partial charge in [-0.25, -0.2) is 9.78 Å². The molecule has 0 radical (unpaired) electrons. The van der Waals surface area contributed by atoms with E-state index in [2.05, 4.69) is 10.3 Å². The second kappa shape index (κ2) is 5.35. The predicted octanol–water partition coefficient (Wildman–Crippen LogP) is 1.88. The molecule has 0 aliphatic rings. The molecule has 0 fully saturated rings. The van der Waals surface area contributed by atoms with Gasteiger partial charge < -0.3 is 15.5 Å². The lowest BCUT2D eigenvalue weighted by molar-refractivity contribution is 0.0693. The van der Waals surface area contributed by atoms with Gasteiger partial charge in [0.1, 0.15) is 17.0 Å². The zero-order valence-electron chi connectivity index (χ0n) is 10.0. The topological polar surface area (TPSA) is 99.5 Å². The van der Waals surface area contributed by atoms with Crippen LogP contribution in [0.3, 0.4) is 0 Å². The molecule has 0 spiro atoms. The smallest absolute Gasteiger partial charge is 0.339 e. The lowest BCUT2D eigenvalue weighted by atomic mass is 10.2. The van der Waals surface area contributed by atoms with Gasteiger partial charge in [-0.3, -0.25) is 4.79 Å². The number of aromatic nitrogens is 1. The Labute approximate surface area is 112 Å². The third kappa shape index (κ3) is 2.89. The molecule has 0 bridgehead atoms. The first-order valence-electron chi connectivity index (χ1n) is 5.47. The van der Waals surface area contributed by atoms with Crippen molar-refractivity contribution in [3.8, 4) is 5.75 Å². The molecule has 1 aromatic carbocycles. The van der Waals surface area contributed by atoms with Crippen LogP contribution in [0.15, 0.2) is 36.4 Å². The number of anilines is 1. The molecule has 0 atom stereocenters. The summed E-state index contributed by atoms with van der Waals surface area (Å²) in [7, 11) is 0. The fraction of sp³-hybridized carbons (Fsp3) is 0. The minimum atomic E-state index is -1.29. The molecule has 1 heterocycles. The van der Waals surface area contributed by atoms with Gasteiger partial charge in [0.2, 0.25) is 5.95 Å². The number of carbonyl (C=O) groups is 2. The Balaban J connectivity index is 2.20. The molecular formula is C13H9FN2O4. The van der Waals surface area contributed by atoms with Crippen molar-refractivity contribution in [3.05, 3.63) is 53.6 Å². The highest BCUT2D eigenvalue weighted by Crippen LogP contribution is 2.22. The number of hydrogen-bond acceptors (Lipinski definition) is 4. The van der Waals surface area contributed by atoms with E-state index in [4.69, 9.17) is 5.11 Å². The number of carboxylic acid groups (broad SMARTS) is 1. The summed E-state index contributed by atoms with van der Waals surface area (Å²) in [6.07, 6.45) is 0. The first kappa shape index (κ1) is 13.5. The van der Waals surface area contributed by atoms with Crippen LogP contribution < -0.4 is 5.32 Å². The molecule has 7 heteroatoms. The average Bonchev–Trinajstić information content (AvgIpc) is 2.38. The summed E-state index contributed by atoms with van der Waals surface area (Å²) in [4.78, 5) is 25.9. The zero-order chi connectivity index (χ0) is 14.7. The molecular weight excluding hydrogens is 267 g/mol. The fourth-order valence-corrected chi connectivity index (χ4v) is 1.52. The molecule has 0 aliphatic carbocycles. The van der Waals surface area contributed by atoms with Gasteiger partial charge in [-0.15, -0.1) is 0 Å². The van der Waals surface area contributed by atoms with Crippen LogP contribution in [0.5, 0.6) is 5.75 Å². The van der Waals surface area contributed by atoms with Crippen LogP contribution in [0, 0.1) is 5.95 Å². The maximum atomic E-state index is 12.9. The predicted molar refractivity (Wildman–Crippen MR) is 67.2 cm³/mol. The van der Waals surface area contributed by atoms with E-state index in [-0.39, 0.29) is 16.9 Å². The van der Waals surface area contributed by atoms with Gasteiger partial charge in [0.15, 0.2) is 0 Å². The summed E-state index contributed by atoms with van der Waals surface area (Å²) >= 11 is 0. The molecule has 20 heavy (non-hydrogen) atoms. The van der Waals surface area contributed by atoms with Gasteiger partial charge in [0, 0.05) is 11.8 Å². The van der Waals surface area contributed by atoms with Crippen molar-refractivity contribution >= 4 is 17.6 Å². The summed E-state index contributed by atoms with van der Waals surface area (Å²) in [5, 5.41) is 20.6. The van der Waals surface area contributed by atoms with E-state index in [1.165, 1.54) is 18.2 Å². The maximum Gasteiger partial charge on any atom is 0.339 e. The Morgan fingerprint density at radius 3 is 2.55 bits per heavy atom. The van der Waals surface area contributed by atoms with Crippen molar-refractivity contribution in [1.82, 2.24) is 4.98 Å². The maximum absolute atomic E-state index is 12.9. The number of carbonyl (C=O) groups excluding carboxylic acids is 1. The molecule has 1 amide bonds. The first-order valence-corrected chi connectivity index (χ1v) is 5.47. The number of aromatic carboxylic acids is 1. The van der Waals surface area contributed by atoms with Gasteiger partial charge in [0.05, 0.1) is 0 Å². The number of nitrogens with zero attached hydrogens (tertiary/aromatic N) is 1. The first-order chi connectivity index (χ1) is 9.47. The van der Waals surface area contributed by atoms with Crippen LogP contribution in [0.2, 0.25) is 0 Å². The summed E-state index contributed by atoms with van der Waals surface area (Å²) < 4.78 is 12.9. The van der Waals surface area contributed by atoms with E-state index < -0.39 is 23.6 Å². The van der Waals surface area contributed by atoms with Crippen molar-refractivity contribution in [3.63, 3.8) is 0 Å².